The molecule has 1 fully saturated rings. The summed E-state index contributed by atoms with van der Waals surface area (Å²) < 4.78 is 5.17. The molecule has 112 valence electrons. The molecule has 2 rings (SSSR count). The second-order valence-corrected chi connectivity index (χ2v) is 6.24. The van der Waals surface area contributed by atoms with Gasteiger partial charge in [0.05, 0.1) is 0 Å². The number of carbonyl (C=O) groups excluding carboxylic acids is 2. The molecule has 0 radical (unpaired) electrons. The van der Waals surface area contributed by atoms with E-state index in [2.05, 4.69) is 15.6 Å². The van der Waals surface area contributed by atoms with Crippen LogP contribution >= 0.6 is 0 Å². The van der Waals surface area contributed by atoms with Gasteiger partial charge >= 0.3 is 6.09 Å². The number of alkyl carbamates (subject to hydrolysis) is 1. The van der Waals surface area contributed by atoms with Gasteiger partial charge in [-0.1, -0.05) is 0 Å². The summed E-state index contributed by atoms with van der Waals surface area (Å²) in [5.41, 5.74) is -1.35. The number of likely N-dealkylation sites (N-methyl/N-ethyl adjacent to an activating group) is 1. The minimum atomic E-state index is -0.767. The number of amides is 2. The van der Waals surface area contributed by atoms with Gasteiger partial charge in [-0.15, -0.1) is 0 Å². The Balaban J connectivity index is 2.09. The monoisotopic (exact) mass is 282 g/mol. The first-order valence-electron chi connectivity index (χ1n) is 6.82. The van der Waals surface area contributed by atoms with Crippen LogP contribution < -0.4 is 10.6 Å². The molecule has 0 aromatic heterocycles. The van der Waals surface area contributed by atoms with Gasteiger partial charge in [-0.05, 0) is 40.2 Å². The third-order valence-electron chi connectivity index (χ3n) is 3.31. The Morgan fingerprint density at radius 3 is 2.75 bits per heavy atom. The second-order valence-electron chi connectivity index (χ2n) is 6.24. The minimum absolute atomic E-state index is 0.0873. The number of ether oxygens (including phenoxy) is 1. The van der Waals surface area contributed by atoms with Crippen molar-refractivity contribution < 1.29 is 14.3 Å². The SMILES string of the molecule is CN1C(=O)C2(CCCNC2)N=C1NC(=O)OC(C)(C)C. The van der Waals surface area contributed by atoms with E-state index in [-0.39, 0.29) is 11.9 Å². The molecule has 1 saturated heterocycles. The van der Waals surface area contributed by atoms with Crippen molar-refractivity contribution in [2.75, 3.05) is 20.1 Å². The van der Waals surface area contributed by atoms with Crippen LogP contribution in [0, 0.1) is 0 Å². The predicted molar refractivity (Wildman–Crippen MR) is 74.4 cm³/mol. The van der Waals surface area contributed by atoms with Crippen LogP contribution in [0.15, 0.2) is 4.99 Å². The molecule has 0 aromatic carbocycles. The molecule has 0 aromatic rings. The average molecular weight is 282 g/mol. The zero-order valence-corrected chi connectivity index (χ0v) is 12.4. The molecule has 0 aliphatic carbocycles. The summed E-state index contributed by atoms with van der Waals surface area (Å²) in [6.07, 6.45) is 0.988. The Hall–Kier alpha value is -1.63. The van der Waals surface area contributed by atoms with Gasteiger partial charge in [0.25, 0.3) is 5.91 Å². The van der Waals surface area contributed by atoms with Gasteiger partial charge in [-0.2, -0.15) is 0 Å². The molecule has 2 aliphatic heterocycles. The Morgan fingerprint density at radius 2 is 2.20 bits per heavy atom. The molecule has 1 atom stereocenters. The van der Waals surface area contributed by atoms with Crippen molar-refractivity contribution >= 4 is 18.0 Å². The Bertz CT molecular complexity index is 447. The van der Waals surface area contributed by atoms with Gasteiger partial charge in [0.1, 0.15) is 5.60 Å². The van der Waals surface area contributed by atoms with Gasteiger partial charge in [0, 0.05) is 13.6 Å². The predicted octanol–water partition coefficient (Wildman–Crippen LogP) is 0.461. The van der Waals surface area contributed by atoms with Gasteiger partial charge < -0.3 is 10.1 Å². The zero-order valence-electron chi connectivity index (χ0n) is 12.4. The van der Waals surface area contributed by atoms with Gasteiger partial charge in [0.15, 0.2) is 5.54 Å². The van der Waals surface area contributed by atoms with E-state index in [1.165, 1.54) is 4.90 Å². The lowest BCUT2D eigenvalue weighted by Crippen LogP contribution is -2.51. The lowest BCUT2D eigenvalue weighted by atomic mass is 9.90. The summed E-state index contributed by atoms with van der Waals surface area (Å²) in [6.45, 7) is 6.75. The molecular formula is C13H22N4O3. The number of nitrogens with zero attached hydrogens (tertiary/aromatic N) is 2. The standard InChI is InChI=1S/C13H22N4O3/c1-12(2,3)20-11(19)15-10-16-13(9(18)17(10)4)6-5-7-14-8-13/h14H,5-8H2,1-4H3,(H,15,16,19). The maximum absolute atomic E-state index is 12.3. The highest BCUT2D eigenvalue weighted by atomic mass is 16.6. The van der Waals surface area contributed by atoms with E-state index in [4.69, 9.17) is 4.74 Å². The quantitative estimate of drug-likeness (QED) is 0.676. The maximum atomic E-state index is 12.3. The highest BCUT2D eigenvalue weighted by Gasteiger charge is 2.48. The highest BCUT2D eigenvalue weighted by molar-refractivity contribution is 6.10. The molecule has 7 heteroatoms. The second kappa shape index (κ2) is 5.05. The normalized spacial score (nSPS) is 26.7. The summed E-state index contributed by atoms with van der Waals surface area (Å²) in [4.78, 5) is 29.9. The van der Waals surface area contributed by atoms with Gasteiger partial charge in [-0.3, -0.25) is 15.0 Å². The fraction of sp³-hybridized carbons (Fsp3) is 0.769. The van der Waals surface area contributed by atoms with Crippen molar-refractivity contribution in [3.63, 3.8) is 0 Å². The summed E-state index contributed by atoms with van der Waals surface area (Å²) in [6, 6.07) is 0. The number of guanidine groups is 1. The fourth-order valence-electron chi connectivity index (χ4n) is 2.41. The summed E-state index contributed by atoms with van der Waals surface area (Å²) in [5.74, 6) is 0.170. The fourth-order valence-corrected chi connectivity index (χ4v) is 2.41. The Kier molecular flexibility index (Phi) is 3.73. The summed E-state index contributed by atoms with van der Waals surface area (Å²) in [7, 11) is 1.61. The Labute approximate surface area is 118 Å². The molecule has 2 amide bonds. The lowest BCUT2D eigenvalue weighted by Gasteiger charge is -2.29. The van der Waals surface area contributed by atoms with E-state index < -0.39 is 17.2 Å². The molecule has 0 saturated carbocycles. The van der Waals surface area contributed by atoms with Crippen LogP contribution in [0.25, 0.3) is 0 Å². The first kappa shape index (κ1) is 14.8. The molecule has 2 heterocycles. The van der Waals surface area contributed by atoms with Crippen molar-refractivity contribution in [3.8, 4) is 0 Å². The summed E-state index contributed by atoms with van der Waals surface area (Å²) >= 11 is 0. The van der Waals surface area contributed by atoms with Crippen LogP contribution in [0.3, 0.4) is 0 Å². The molecule has 0 bridgehead atoms. The van der Waals surface area contributed by atoms with E-state index in [1.54, 1.807) is 27.8 Å². The third kappa shape index (κ3) is 2.92. The minimum Gasteiger partial charge on any atom is -0.444 e. The van der Waals surface area contributed by atoms with Crippen LogP contribution in [0.5, 0.6) is 0 Å². The number of hydrogen-bond donors (Lipinski definition) is 2. The number of carbonyl (C=O) groups is 2. The van der Waals surface area contributed by atoms with Crippen molar-refractivity contribution in [2.45, 2.75) is 44.8 Å². The molecule has 1 spiro atoms. The Morgan fingerprint density at radius 1 is 1.50 bits per heavy atom. The molecule has 1 unspecified atom stereocenters. The lowest BCUT2D eigenvalue weighted by molar-refractivity contribution is -0.130. The van der Waals surface area contributed by atoms with Crippen LogP contribution in [0.4, 0.5) is 4.79 Å². The van der Waals surface area contributed by atoms with Gasteiger partial charge in [-0.25, -0.2) is 9.79 Å². The molecule has 2 aliphatic rings. The molecule has 2 N–H and O–H groups in total. The summed E-state index contributed by atoms with van der Waals surface area (Å²) in [5, 5.41) is 5.74. The first-order valence-corrected chi connectivity index (χ1v) is 6.82. The number of aliphatic imine (C=N–C) groups is 1. The number of piperidine rings is 1. The van der Waals surface area contributed by atoms with Crippen molar-refractivity contribution in [1.29, 1.82) is 0 Å². The highest BCUT2D eigenvalue weighted by Crippen LogP contribution is 2.28. The van der Waals surface area contributed by atoms with E-state index in [1.807, 2.05) is 0 Å². The van der Waals surface area contributed by atoms with Crippen LogP contribution in [0.1, 0.15) is 33.6 Å². The van der Waals surface area contributed by atoms with Crippen LogP contribution in [-0.4, -0.2) is 54.1 Å². The van der Waals surface area contributed by atoms with E-state index in [9.17, 15) is 9.59 Å². The van der Waals surface area contributed by atoms with Gasteiger partial charge in [0.2, 0.25) is 5.96 Å². The van der Waals surface area contributed by atoms with E-state index in [0.717, 1.165) is 13.0 Å². The van der Waals surface area contributed by atoms with E-state index in [0.29, 0.717) is 13.0 Å². The van der Waals surface area contributed by atoms with E-state index >= 15 is 0 Å². The number of hydrogen-bond acceptors (Lipinski definition) is 5. The molecular weight excluding hydrogens is 260 g/mol. The van der Waals surface area contributed by atoms with Crippen molar-refractivity contribution in [2.24, 2.45) is 4.99 Å². The van der Waals surface area contributed by atoms with Crippen LogP contribution in [-0.2, 0) is 9.53 Å². The number of nitrogens with one attached hydrogen (secondary N) is 2. The maximum Gasteiger partial charge on any atom is 0.414 e. The molecule has 7 nitrogen and oxygen atoms in total. The average Bonchev–Trinajstić information content (AvgIpc) is 2.54. The first-order chi connectivity index (χ1) is 9.23. The topological polar surface area (TPSA) is 83.0 Å². The van der Waals surface area contributed by atoms with Crippen molar-refractivity contribution in [1.82, 2.24) is 15.5 Å². The largest absolute Gasteiger partial charge is 0.444 e. The van der Waals surface area contributed by atoms with Crippen molar-refractivity contribution in [3.05, 3.63) is 0 Å². The van der Waals surface area contributed by atoms with Crippen LogP contribution in [0.2, 0.25) is 0 Å². The molecule has 20 heavy (non-hydrogen) atoms. The third-order valence-corrected chi connectivity index (χ3v) is 3.31. The smallest absolute Gasteiger partial charge is 0.414 e. The zero-order chi connectivity index (χ0) is 15.0. The number of rotatable bonds is 0.